The van der Waals surface area contributed by atoms with Gasteiger partial charge in [0.25, 0.3) is 5.91 Å². The van der Waals surface area contributed by atoms with Crippen LogP contribution in [0.15, 0.2) is 18.2 Å². The van der Waals surface area contributed by atoms with Crippen molar-refractivity contribution in [3.05, 3.63) is 29.6 Å². The summed E-state index contributed by atoms with van der Waals surface area (Å²) in [6, 6.07) is 3.94. The molecule has 1 aromatic carbocycles. The zero-order valence-electron chi connectivity index (χ0n) is 11.8. The monoisotopic (exact) mass is 299 g/mol. The lowest BCUT2D eigenvalue weighted by molar-refractivity contribution is 0.0943. The lowest BCUT2D eigenvalue weighted by atomic mass is 10.1. The Morgan fingerprint density at radius 3 is 2.45 bits per heavy atom. The highest BCUT2D eigenvalue weighted by atomic mass is 32.1. The molecule has 0 fully saturated rings. The number of methoxy groups -OCH3 is 1. The molecule has 1 rings (SSSR count). The SMILES string of the molecule is COc1ccc(C(=O)NNC(=S)NC(C)(C)C)cc1F. The molecule has 3 N–H and O–H groups in total. The van der Waals surface area contributed by atoms with E-state index in [9.17, 15) is 9.18 Å². The second kappa shape index (κ2) is 6.51. The highest BCUT2D eigenvalue weighted by Gasteiger charge is 2.13. The second-order valence-electron chi connectivity index (χ2n) is 5.13. The quantitative estimate of drug-likeness (QED) is 0.573. The number of benzene rings is 1. The first-order valence-corrected chi connectivity index (χ1v) is 6.36. The first kappa shape index (κ1) is 16.2. The normalized spacial score (nSPS) is 10.7. The van der Waals surface area contributed by atoms with Crippen LogP contribution in [0.2, 0.25) is 0 Å². The molecule has 0 aliphatic rings. The van der Waals surface area contributed by atoms with Crippen molar-refractivity contribution in [1.29, 1.82) is 0 Å². The van der Waals surface area contributed by atoms with Crippen molar-refractivity contribution in [1.82, 2.24) is 16.2 Å². The van der Waals surface area contributed by atoms with Gasteiger partial charge in [-0.3, -0.25) is 15.6 Å². The van der Waals surface area contributed by atoms with E-state index in [1.165, 1.54) is 19.2 Å². The van der Waals surface area contributed by atoms with Crippen molar-refractivity contribution in [2.24, 2.45) is 0 Å². The summed E-state index contributed by atoms with van der Waals surface area (Å²) in [4.78, 5) is 11.8. The average molecular weight is 299 g/mol. The second-order valence-corrected chi connectivity index (χ2v) is 5.54. The molecule has 0 saturated carbocycles. The number of rotatable bonds is 2. The maximum Gasteiger partial charge on any atom is 0.269 e. The predicted molar refractivity (Wildman–Crippen MR) is 79.0 cm³/mol. The fraction of sp³-hybridized carbons (Fsp3) is 0.385. The summed E-state index contributed by atoms with van der Waals surface area (Å²) < 4.78 is 18.2. The van der Waals surface area contributed by atoms with Crippen LogP contribution in [0.1, 0.15) is 31.1 Å². The molecular formula is C13H18FN3O2S. The molecule has 7 heteroatoms. The first-order valence-electron chi connectivity index (χ1n) is 5.95. The fourth-order valence-corrected chi connectivity index (χ4v) is 1.72. The van der Waals surface area contributed by atoms with Gasteiger partial charge in [-0.15, -0.1) is 0 Å². The van der Waals surface area contributed by atoms with Crippen LogP contribution in [0, 0.1) is 5.82 Å². The highest BCUT2D eigenvalue weighted by Crippen LogP contribution is 2.17. The summed E-state index contributed by atoms with van der Waals surface area (Å²) in [5.41, 5.74) is 4.88. The van der Waals surface area contributed by atoms with E-state index in [4.69, 9.17) is 17.0 Å². The molecule has 0 heterocycles. The Kier molecular flexibility index (Phi) is 5.26. The van der Waals surface area contributed by atoms with Gasteiger partial charge in [0.2, 0.25) is 0 Å². The first-order chi connectivity index (χ1) is 9.23. The van der Waals surface area contributed by atoms with Gasteiger partial charge < -0.3 is 10.1 Å². The largest absolute Gasteiger partial charge is 0.494 e. The third-order valence-electron chi connectivity index (χ3n) is 2.19. The third kappa shape index (κ3) is 5.00. The van der Waals surface area contributed by atoms with E-state index >= 15 is 0 Å². The molecule has 0 saturated heterocycles. The van der Waals surface area contributed by atoms with Crippen molar-refractivity contribution in [3.8, 4) is 5.75 Å². The maximum atomic E-state index is 13.5. The lowest BCUT2D eigenvalue weighted by Gasteiger charge is -2.23. The molecule has 1 amide bonds. The third-order valence-corrected chi connectivity index (χ3v) is 2.40. The minimum atomic E-state index is -0.601. The van der Waals surface area contributed by atoms with Crippen LogP contribution in [0.5, 0.6) is 5.75 Å². The number of hydrogen-bond acceptors (Lipinski definition) is 3. The molecule has 20 heavy (non-hydrogen) atoms. The predicted octanol–water partition coefficient (Wildman–Crippen LogP) is 1.74. The Labute approximate surface area is 122 Å². The Morgan fingerprint density at radius 2 is 1.95 bits per heavy atom. The summed E-state index contributed by atoms with van der Waals surface area (Å²) in [7, 11) is 1.36. The van der Waals surface area contributed by atoms with E-state index < -0.39 is 11.7 Å². The smallest absolute Gasteiger partial charge is 0.269 e. The van der Waals surface area contributed by atoms with Gasteiger partial charge in [-0.25, -0.2) is 4.39 Å². The number of nitrogens with one attached hydrogen (secondary N) is 3. The van der Waals surface area contributed by atoms with E-state index in [0.29, 0.717) is 0 Å². The van der Waals surface area contributed by atoms with Crippen LogP contribution >= 0.6 is 12.2 Å². The van der Waals surface area contributed by atoms with E-state index in [1.54, 1.807) is 0 Å². The fourth-order valence-electron chi connectivity index (χ4n) is 1.37. The number of hydrogen-bond donors (Lipinski definition) is 3. The summed E-state index contributed by atoms with van der Waals surface area (Å²) in [6.07, 6.45) is 0. The Morgan fingerprint density at radius 1 is 1.30 bits per heavy atom. The number of carbonyl (C=O) groups is 1. The molecule has 1 aromatic rings. The van der Waals surface area contributed by atoms with Crippen molar-refractivity contribution in [2.45, 2.75) is 26.3 Å². The number of amides is 1. The molecule has 0 bridgehead atoms. The lowest BCUT2D eigenvalue weighted by Crippen LogP contribution is -2.52. The Hall–Kier alpha value is -1.89. The summed E-state index contributed by atoms with van der Waals surface area (Å²) >= 11 is 5.00. The molecule has 0 radical (unpaired) electrons. The standard InChI is InChI=1S/C13H18FN3O2S/c1-13(2,3)15-12(20)17-16-11(18)8-5-6-10(19-4)9(14)7-8/h5-7H,1-4H3,(H,16,18)(H2,15,17,20). The molecule has 0 spiro atoms. The maximum absolute atomic E-state index is 13.5. The highest BCUT2D eigenvalue weighted by molar-refractivity contribution is 7.80. The topological polar surface area (TPSA) is 62.4 Å². The van der Waals surface area contributed by atoms with Crippen molar-refractivity contribution < 1.29 is 13.9 Å². The molecule has 110 valence electrons. The number of thiocarbonyl (C=S) groups is 1. The van der Waals surface area contributed by atoms with Crippen molar-refractivity contribution in [3.63, 3.8) is 0 Å². The molecule has 0 atom stereocenters. The van der Waals surface area contributed by atoms with Crippen molar-refractivity contribution in [2.75, 3.05) is 7.11 Å². The number of halogens is 1. The Bertz CT molecular complexity index is 515. The molecule has 0 unspecified atom stereocenters. The number of carbonyl (C=O) groups excluding carboxylic acids is 1. The minimum absolute atomic E-state index is 0.0828. The van der Waals surface area contributed by atoms with Crippen LogP contribution < -0.4 is 20.9 Å². The zero-order chi connectivity index (χ0) is 15.3. The summed E-state index contributed by atoms with van der Waals surface area (Å²) in [5.74, 6) is -1.01. The Balaban J connectivity index is 2.59. The molecular weight excluding hydrogens is 281 g/mol. The van der Waals surface area contributed by atoms with Crippen LogP contribution in [0.4, 0.5) is 4.39 Å². The van der Waals surface area contributed by atoms with Gasteiger partial charge in [0.15, 0.2) is 16.7 Å². The number of ether oxygens (including phenoxy) is 1. The van der Waals surface area contributed by atoms with E-state index in [0.717, 1.165) is 6.07 Å². The van der Waals surface area contributed by atoms with E-state index in [-0.39, 0.29) is 22.0 Å². The van der Waals surface area contributed by atoms with Crippen LogP contribution in [0.3, 0.4) is 0 Å². The number of hydrazine groups is 1. The van der Waals surface area contributed by atoms with Gasteiger partial charge in [-0.1, -0.05) is 0 Å². The zero-order valence-corrected chi connectivity index (χ0v) is 12.7. The summed E-state index contributed by atoms with van der Waals surface area (Å²) in [5, 5.41) is 3.24. The van der Waals surface area contributed by atoms with Gasteiger partial charge in [0.1, 0.15) is 0 Å². The molecule has 0 aliphatic carbocycles. The van der Waals surface area contributed by atoms with Crippen LogP contribution in [-0.4, -0.2) is 23.7 Å². The molecule has 0 aliphatic heterocycles. The van der Waals surface area contributed by atoms with Crippen LogP contribution in [0.25, 0.3) is 0 Å². The van der Waals surface area contributed by atoms with E-state index in [2.05, 4.69) is 16.2 Å². The molecule has 5 nitrogen and oxygen atoms in total. The van der Waals surface area contributed by atoms with Gasteiger partial charge in [-0.05, 0) is 51.2 Å². The van der Waals surface area contributed by atoms with Gasteiger partial charge in [0.05, 0.1) is 7.11 Å². The van der Waals surface area contributed by atoms with Gasteiger partial charge >= 0.3 is 0 Å². The van der Waals surface area contributed by atoms with E-state index in [1.807, 2.05) is 20.8 Å². The summed E-state index contributed by atoms with van der Waals surface area (Å²) in [6.45, 7) is 5.80. The van der Waals surface area contributed by atoms with Gasteiger partial charge in [-0.2, -0.15) is 0 Å². The van der Waals surface area contributed by atoms with Crippen LogP contribution in [-0.2, 0) is 0 Å². The van der Waals surface area contributed by atoms with Gasteiger partial charge in [0, 0.05) is 11.1 Å². The molecule has 0 aromatic heterocycles. The minimum Gasteiger partial charge on any atom is -0.494 e. The van der Waals surface area contributed by atoms with Crippen molar-refractivity contribution >= 4 is 23.2 Å². The average Bonchev–Trinajstić information content (AvgIpc) is 2.33.